The van der Waals surface area contributed by atoms with Gasteiger partial charge in [0.25, 0.3) is 5.91 Å². The predicted octanol–water partition coefficient (Wildman–Crippen LogP) is 1.97. The molecule has 3 rings (SSSR count). The molecule has 5 heteroatoms. The maximum absolute atomic E-state index is 12.0. The molecule has 1 amide bonds. The molecule has 1 unspecified atom stereocenters. The number of nitrogens with one attached hydrogen (secondary N) is 2. The number of benzene rings is 1. The number of carbonyl (C=O) groups is 1. The number of quaternary nitrogens is 1. The summed E-state index contributed by atoms with van der Waals surface area (Å²) < 4.78 is 1.27. The van der Waals surface area contributed by atoms with Crippen molar-refractivity contribution in [3.05, 3.63) is 29.3 Å². The van der Waals surface area contributed by atoms with Crippen molar-refractivity contribution in [2.24, 2.45) is 0 Å². The number of unbranched alkanes of at least 4 members (excludes halogenated alkanes) is 1. The number of aromatic nitrogens is 1. The van der Waals surface area contributed by atoms with Crippen molar-refractivity contribution in [1.29, 1.82) is 0 Å². The Labute approximate surface area is 141 Å². The lowest BCUT2D eigenvalue weighted by Crippen LogP contribution is -3.14. The third-order valence-corrected chi connectivity index (χ3v) is 5.74. The molecular formula is C18H26N3OS+. The largest absolute Gasteiger partial charge is 0.351 e. The normalized spacial score (nSPS) is 21.4. The monoisotopic (exact) mass is 332 g/mol. The zero-order valence-corrected chi connectivity index (χ0v) is 14.6. The van der Waals surface area contributed by atoms with Gasteiger partial charge in [-0.05, 0) is 31.4 Å². The van der Waals surface area contributed by atoms with Crippen LogP contribution in [-0.4, -0.2) is 37.1 Å². The Morgan fingerprint density at radius 2 is 2.30 bits per heavy atom. The molecule has 23 heavy (non-hydrogen) atoms. The molecule has 2 aromatic rings. The molecule has 1 fully saturated rings. The van der Waals surface area contributed by atoms with E-state index in [-0.39, 0.29) is 5.91 Å². The number of piperidine rings is 1. The minimum Gasteiger partial charge on any atom is -0.351 e. The quantitative estimate of drug-likeness (QED) is 0.795. The van der Waals surface area contributed by atoms with E-state index in [4.69, 9.17) is 4.98 Å². The van der Waals surface area contributed by atoms with Gasteiger partial charge in [0.05, 0.1) is 29.2 Å². The van der Waals surface area contributed by atoms with Gasteiger partial charge in [0.15, 0.2) is 6.54 Å². The number of para-hydroxylation sites is 1. The van der Waals surface area contributed by atoms with Crippen LogP contribution < -0.4 is 10.2 Å². The Bertz CT molecular complexity index is 622. The van der Waals surface area contributed by atoms with E-state index in [1.807, 2.05) is 17.4 Å². The van der Waals surface area contributed by atoms with E-state index in [1.165, 1.54) is 27.4 Å². The molecule has 1 aromatic carbocycles. The third kappa shape index (κ3) is 4.30. The van der Waals surface area contributed by atoms with E-state index in [2.05, 4.69) is 30.4 Å². The lowest BCUT2D eigenvalue weighted by molar-refractivity contribution is -0.898. The van der Waals surface area contributed by atoms with Crippen LogP contribution in [0.25, 0.3) is 10.2 Å². The molecule has 1 saturated heterocycles. The molecule has 0 saturated carbocycles. The Hall–Kier alpha value is -1.46. The van der Waals surface area contributed by atoms with Gasteiger partial charge in [-0.2, -0.15) is 0 Å². The van der Waals surface area contributed by atoms with E-state index in [0.717, 1.165) is 38.0 Å². The number of nitrogens with zero attached hydrogens (tertiary/aromatic N) is 1. The van der Waals surface area contributed by atoms with Gasteiger partial charge in [0.1, 0.15) is 5.01 Å². The summed E-state index contributed by atoms with van der Waals surface area (Å²) in [6.45, 7) is 5.68. The number of fused-ring (bicyclic) bond motifs is 1. The minimum atomic E-state index is 0.193. The number of hydrogen-bond acceptors (Lipinski definition) is 3. The van der Waals surface area contributed by atoms with Crippen molar-refractivity contribution >= 4 is 27.5 Å². The van der Waals surface area contributed by atoms with Gasteiger partial charge in [0.2, 0.25) is 0 Å². The summed E-state index contributed by atoms with van der Waals surface area (Å²) in [5.74, 6) is 0.693. The first-order valence-electron chi connectivity index (χ1n) is 8.72. The van der Waals surface area contributed by atoms with Gasteiger partial charge in [-0.25, -0.2) is 4.98 Å². The number of thiazole rings is 1. The third-order valence-electron chi connectivity index (χ3n) is 4.54. The van der Waals surface area contributed by atoms with E-state index in [1.54, 1.807) is 0 Å². The summed E-state index contributed by atoms with van der Waals surface area (Å²) in [7, 11) is 0. The molecule has 1 aromatic heterocycles. The first kappa shape index (κ1) is 16.4. The summed E-state index contributed by atoms with van der Waals surface area (Å²) in [5, 5.41) is 4.28. The fourth-order valence-corrected chi connectivity index (χ4v) is 4.38. The van der Waals surface area contributed by atoms with Crippen molar-refractivity contribution in [2.45, 2.75) is 38.5 Å². The van der Waals surface area contributed by atoms with E-state index < -0.39 is 0 Å². The zero-order chi connectivity index (χ0) is 16.1. The second-order valence-corrected chi connectivity index (χ2v) is 7.51. The van der Waals surface area contributed by atoms with Crippen LogP contribution >= 0.6 is 11.3 Å². The molecule has 0 radical (unpaired) electrons. The highest BCUT2D eigenvalue weighted by atomic mass is 32.1. The van der Waals surface area contributed by atoms with Crippen LogP contribution in [0.3, 0.4) is 0 Å². The molecular weight excluding hydrogens is 306 g/mol. The summed E-state index contributed by atoms with van der Waals surface area (Å²) >= 11 is 1.82. The van der Waals surface area contributed by atoms with Crippen LogP contribution in [0.1, 0.15) is 43.5 Å². The average Bonchev–Trinajstić information content (AvgIpc) is 2.99. The van der Waals surface area contributed by atoms with Gasteiger partial charge in [-0.15, -0.1) is 11.3 Å². The second kappa shape index (κ2) is 7.88. The van der Waals surface area contributed by atoms with Crippen molar-refractivity contribution in [1.82, 2.24) is 10.3 Å². The Kier molecular flexibility index (Phi) is 5.62. The molecule has 1 aliphatic rings. The molecule has 2 N–H and O–H groups in total. The summed E-state index contributed by atoms with van der Waals surface area (Å²) in [5.41, 5.74) is 1.11. The maximum atomic E-state index is 12.0. The van der Waals surface area contributed by atoms with Gasteiger partial charge >= 0.3 is 0 Å². The minimum absolute atomic E-state index is 0.193. The lowest BCUT2D eigenvalue weighted by atomic mass is 9.99. The van der Waals surface area contributed by atoms with E-state index in [9.17, 15) is 4.79 Å². The van der Waals surface area contributed by atoms with Gasteiger partial charge in [-0.1, -0.05) is 25.5 Å². The van der Waals surface area contributed by atoms with Crippen LogP contribution in [0.4, 0.5) is 0 Å². The van der Waals surface area contributed by atoms with E-state index >= 15 is 0 Å². The SMILES string of the molecule is CCCCNC(=O)C[NH+]1CCC[C@H](c2nc3ccccc3s2)C1. The van der Waals surface area contributed by atoms with Crippen molar-refractivity contribution < 1.29 is 9.69 Å². The fraction of sp³-hybridized carbons (Fsp3) is 0.556. The Balaban J connectivity index is 1.58. The molecule has 0 spiro atoms. The van der Waals surface area contributed by atoms with Gasteiger partial charge in [-0.3, -0.25) is 4.79 Å². The number of carbonyl (C=O) groups excluding carboxylic acids is 1. The highest BCUT2D eigenvalue weighted by Crippen LogP contribution is 2.30. The van der Waals surface area contributed by atoms with Crippen LogP contribution in [0, 0.1) is 0 Å². The van der Waals surface area contributed by atoms with E-state index in [0.29, 0.717) is 12.5 Å². The fourth-order valence-electron chi connectivity index (χ4n) is 3.28. The highest BCUT2D eigenvalue weighted by molar-refractivity contribution is 7.18. The number of likely N-dealkylation sites (tertiary alicyclic amines) is 1. The van der Waals surface area contributed by atoms with Crippen LogP contribution in [0.5, 0.6) is 0 Å². The standard InChI is InChI=1S/C18H25N3OS/c1-2-3-10-19-17(22)13-21-11-6-7-14(12-21)18-20-15-8-4-5-9-16(15)23-18/h4-5,8-9,14H,2-3,6-7,10-13H2,1H3,(H,19,22)/p+1/t14-/m0/s1. The molecule has 1 aliphatic heterocycles. The highest BCUT2D eigenvalue weighted by Gasteiger charge is 2.28. The van der Waals surface area contributed by atoms with Crippen LogP contribution in [-0.2, 0) is 4.79 Å². The molecule has 2 heterocycles. The summed E-state index contributed by atoms with van der Waals surface area (Å²) in [6, 6.07) is 8.35. The first-order valence-corrected chi connectivity index (χ1v) is 9.53. The predicted molar refractivity (Wildman–Crippen MR) is 95.1 cm³/mol. The number of amides is 1. The van der Waals surface area contributed by atoms with Gasteiger partial charge in [0, 0.05) is 6.54 Å². The topological polar surface area (TPSA) is 46.4 Å². The Morgan fingerprint density at radius 3 is 3.13 bits per heavy atom. The molecule has 2 atom stereocenters. The molecule has 124 valence electrons. The number of hydrogen-bond donors (Lipinski definition) is 2. The van der Waals surface area contributed by atoms with Crippen molar-refractivity contribution in [3.8, 4) is 0 Å². The lowest BCUT2D eigenvalue weighted by Gasteiger charge is -2.28. The molecule has 4 nitrogen and oxygen atoms in total. The smallest absolute Gasteiger partial charge is 0.275 e. The zero-order valence-electron chi connectivity index (χ0n) is 13.8. The maximum Gasteiger partial charge on any atom is 0.275 e. The summed E-state index contributed by atoms with van der Waals surface area (Å²) in [6.07, 6.45) is 4.56. The van der Waals surface area contributed by atoms with Gasteiger partial charge < -0.3 is 10.2 Å². The van der Waals surface area contributed by atoms with Crippen molar-refractivity contribution in [2.75, 3.05) is 26.2 Å². The molecule has 0 bridgehead atoms. The second-order valence-electron chi connectivity index (χ2n) is 6.44. The first-order chi connectivity index (χ1) is 11.3. The molecule has 0 aliphatic carbocycles. The van der Waals surface area contributed by atoms with Crippen LogP contribution in [0.15, 0.2) is 24.3 Å². The number of rotatable bonds is 6. The van der Waals surface area contributed by atoms with Crippen LogP contribution in [0.2, 0.25) is 0 Å². The summed E-state index contributed by atoms with van der Waals surface area (Å²) in [4.78, 5) is 18.2. The Morgan fingerprint density at radius 1 is 1.43 bits per heavy atom. The van der Waals surface area contributed by atoms with Crippen molar-refractivity contribution in [3.63, 3.8) is 0 Å². The average molecular weight is 332 g/mol.